The SMILES string of the molecule is Cn1c(=O)oc2ccc(C(=O)N3CCCN(C(=O)C4CC4)CC3)cc21. The van der Waals surface area contributed by atoms with Gasteiger partial charge in [-0.3, -0.25) is 14.2 Å². The second-order valence-electron chi connectivity index (χ2n) is 6.85. The van der Waals surface area contributed by atoms with Gasteiger partial charge in [0.05, 0.1) is 5.52 Å². The van der Waals surface area contributed by atoms with Crippen molar-refractivity contribution in [2.24, 2.45) is 13.0 Å². The van der Waals surface area contributed by atoms with Crippen LogP contribution in [0.5, 0.6) is 0 Å². The zero-order valence-corrected chi connectivity index (χ0v) is 14.2. The number of carbonyl (C=O) groups excluding carboxylic acids is 2. The lowest BCUT2D eigenvalue weighted by atomic mass is 10.1. The van der Waals surface area contributed by atoms with Crippen LogP contribution in [0, 0.1) is 5.92 Å². The van der Waals surface area contributed by atoms with Crippen LogP contribution in [-0.2, 0) is 11.8 Å². The molecule has 1 saturated heterocycles. The molecule has 2 amide bonds. The number of amides is 2. The van der Waals surface area contributed by atoms with Crippen molar-refractivity contribution in [1.29, 1.82) is 0 Å². The number of nitrogens with zero attached hydrogens (tertiary/aromatic N) is 3. The Labute approximate surface area is 144 Å². The molecular weight excluding hydrogens is 322 g/mol. The Bertz CT molecular complexity index is 893. The van der Waals surface area contributed by atoms with Gasteiger partial charge in [-0.25, -0.2) is 4.79 Å². The van der Waals surface area contributed by atoms with E-state index >= 15 is 0 Å². The number of rotatable bonds is 2. The Hall–Kier alpha value is -2.57. The highest BCUT2D eigenvalue weighted by Gasteiger charge is 2.34. The summed E-state index contributed by atoms with van der Waals surface area (Å²) in [5.41, 5.74) is 1.61. The van der Waals surface area contributed by atoms with Crippen molar-refractivity contribution in [1.82, 2.24) is 14.4 Å². The van der Waals surface area contributed by atoms with E-state index in [0.717, 1.165) is 19.3 Å². The highest BCUT2D eigenvalue weighted by molar-refractivity contribution is 5.97. The number of aryl methyl sites for hydroxylation is 1. The molecule has 2 aliphatic rings. The lowest BCUT2D eigenvalue weighted by Crippen LogP contribution is -2.38. The van der Waals surface area contributed by atoms with Crippen LogP contribution in [0.25, 0.3) is 11.1 Å². The fourth-order valence-corrected chi connectivity index (χ4v) is 3.37. The molecule has 7 nitrogen and oxygen atoms in total. The molecule has 1 aromatic heterocycles. The Kier molecular flexibility index (Phi) is 3.86. The highest BCUT2D eigenvalue weighted by atomic mass is 16.4. The third kappa shape index (κ3) is 2.94. The quantitative estimate of drug-likeness (QED) is 0.821. The van der Waals surface area contributed by atoms with Gasteiger partial charge in [-0.2, -0.15) is 0 Å². The molecule has 0 unspecified atom stereocenters. The third-order valence-corrected chi connectivity index (χ3v) is 5.06. The molecule has 7 heteroatoms. The Morgan fingerprint density at radius 1 is 1.08 bits per heavy atom. The van der Waals surface area contributed by atoms with Crippen LogP contribution < -0.4 is 5.76 Å². The van der Waals surface area contributed by atoms with E-state index in [9.17, 15) is 14.4 Å². The summed E-state index contributed by atoms with van der Waals surface area (Å²) in [7, 11) is 1.62. The van der Waals surface area contributed by atoms with Gasteiger partial charge in [0, 0.05) is 44.7 Å². The summed E-state index contributed by atoms with van der Waals surface area (Å²) in [6.45, 7) is 2.48. The molecule has 2 heterocycles. The standard InChI is InChI=1S/C18H21N3O4/c1-19-14-11-13(5-6-15(14)25-18(19)24)17(23)21-8-2-7-20(9-10-21)16(22)12-3-4-12/h5-6,11-12H,2-4,7-10H2,1H3. The summed E-state index contributed by atoms with van der Waals surface area (Å²) in [6.07, 6.45) is 2.79. The maximum Gasteiger partial charge on any atom is 0.419 e. The molecule has 1 aromatic carbocycles. The Morgan fingerprint density at radius 3 is 2.56 bits per heavy atom. The van der Waals surface area contributed by atoms with Gasteiger partial charge in [0.1, 0.15) is 0 Å². The molecule has 2 fully saturated rings. The normalized spacial score (nSPS) is 18.4. The predicted octanol–water partition coefficient (Wildman–Crippen LogP) is 1.22. The number of fused-ring (bicyclic) bond motifs is 1. The van der Waals surface area contributed by atoms with E-state index in [2.05, 4.69) is 0 Å². The molecule has 0 atom stereocenters. The van der Waals surface area contributed by atoms with Crippen LogP contribution in [0.15, 0.2) is 27.4 Å². The van der Waals surface area contributed by atoms with Crippen LogP contribution in [-0.4, -0.2) is 52.4 Å². The van der Waals surface area contributed by atoms with E-state index < -0.39 is 5.76 Å². The zero-order chi connectivity index (χ0) is 17.6. The average Bonchev–Trinajstić information content (AvgIpc) is 3.43. The van der Waals surface area contributed by atoms with Crippen LogP contribution in [0.1, 0.15) is 29.6 Å². The largest absolute Gasteiger partial charge is 0.419 e. The second-order valence-corrected chi connectivity index (χ2v) is 6.85. The first-order valence-electron chi connectivity index (χ1n) is 8.72. The second kappa shape index (κ2) is 6.06. The molecule has 0 N–H and O–H groups in total. The molecule has 1 aliphatic heterocycles. The minimum atomic E-state index is -0.441. The summed E-state index contributed by atoms with van der Waals surface area (Å²) >= 11 is 0. The van der Waals surface area contributed by atoms with Crippen molar-refractivity contribution < 1.29 is 14.0 Å². The highest BCUT2D eigenvalue weighted by Crippen LogP contribution is 2.31. The van der Waals surface area contributed by atoms with Crippen LogP contribution in [0.3, 0.4) is 0 Å². The van der Waals surface area contributed by atoms with Crippen molar-refractivity contribution in [2.75, 3.05) is 26.2 Å². The van der Waals surface area contributed by atoms with E-state index in [-0.39, 0.29) is 17.7 Å². The molecule has 25 heavy (non-hydrogen) atoms. The summed E-state index contributed by atoms with van der Waals surface area (Å²) in [6, 6.07) is 5.04. The summed E-state index contributed by atoms with van der Waals surface area (Å²) < 4.78 is 6.50. The van der Waals surface area contributed by atoms with E-state index in [0.29, 0.717) is 42.8 Å². The van der Waals surface area contributed by atoms with Crippen LogP contribution in [0.4, 0.5) is 0 Å². The molecule has 0 bridgehead atoms. The minimum Gasteiger partial charge on any atom is -0.408 e. The van der Waals surface area contributed by atoms with Crippen LogP contribution in [0.2, 0.25) is 0 Å². The lowest BCUT2D eigenvalue weighted by Gasteiger charge is -2.22. The number of hydrogen-bond donors (Lipinski definition) is 0. The van der Waals surface area contributed by atoms with Gasteiger partial charge in [-0.05, 0) is 37.5 Å². The van der Waals surface area contributed by atoms with Gasteiger partial charge in [0.25, 0.3) is 5.91 Å². The number of oxazole rings is 1. The Balaban J connectivity index is 1.51. The van der Waals surface area contributed by atoms with Gasteiger partial charge in [-0.15, -0.1) is 0 Å². The van der Waals surface area contributed by atoms with Crippen molar-refractivity contribution in [3.8, 4) is 0 Å². The smallest absolute Gasteiger partial charge is 0.408 e. The van der Waals surface area contributed by atoms with E-state index in [1.54, 1.807) is 30.1 Å². The third-order valence-electron chi connectivity index (χ3n) is 5.06. The van der Waals surface area contributed by atoms with Gasteiger partial charge >= 0.3 is 5.76 Å². The zero-order valence-electron chi connectivity index (χ0n) is 14.2. The topological polar surface area (TPSA) is 75.8 Å². The molecule has 0 spiro atoms. The number of benzene rings is 1. The number of hydrogen-bond acceptors (Lipinski definition) is 4. The van der Waals surface area contributed by atoms with Crippen molar-refractivity contribution in [3.63, 3.8) is 0 Å². The van der Waals surface area contributed by atoms with E-state index in [1.807, 2.05) is 4.90 Å². The molecule has 0 radical (unpaired) electrons. The molecule has 1 saturated carbocycles. The number of carbonyl (C=O) groups is 2. The molecule has 132 valence electrons. The molecular formula is C18H21N3O4. The fourth-order valence-electron chi connectivity index (χ4n) is 3.37. The van der Waals surface area contributed by atoms with Crippen LogP contribution >= 0.6 is 0 Å². The van der Waals surface area contributed by atoms with Crippen molar-refractivity contribution in [2.45, 2.75) is 19.3 Å². The Morgan fingerprint density at radius 2 is 1.80 bits per heavy atom. The maximum absolute atomic E-state index is 12.8. The minimum absolute atomic E-state index is 0.0729. The van der Waals surface area contributed by atoms with Gasteiger partial charge in [-0.1, -0.05) is 0 Å². The van der Waals surface area contributed by atoms with Crippen molar-refractivity contribution >= 4 is 22.9 Å². The summed E-state index contributed by atoms with van der Waals surface area (Å²) in [4.78, 5) is 40.3. The fraction of sp³-hybridized carbons (Fsp3) is 0.500. The molecule has 4 rings (SSSR count). The van der Waals surface area contributed by atoms with E-state index in [4.69, 9.17) is 4.42 Å². The average molecular weight is 343 g/mol. The van der Waals surface area contributed by atoms with Gasteiger partial charge in [0.15, 0.2) is 5.58 Å². The predicted molar refractivity (Wildman–Crippen MR) is 91.3 cm³/mol. The first-order valence-corrected chi connectivity index (χ1v) is 8.72. The van der Waals surface area contributed by atoms with Crippen molar-refractivity contribution in [3.05, 3.63) is 34.3 Å². The summed E-state index contributed by atoms with van der Waals surface area (Å²) in [5, 5.41) is 0. The monoisotopic (exact) mass is 343 g/mol. The maximum atomic E-state index is 12.8. The van der Waals surface area contributed by atoms with Gasteiger partial charge in [0.2, 0.25) is 5.91 Å². The molecule has 1 aliphatic carbocycles. The van der Waals surface area contributed by atoms with E-state index in [1.165, 1.54) is 4.57 Å². The van der Waals surface area contributed by atoms with Gasteiger partial charge < -0.3 is 14.2 Å². The lowest BCUT2D eigenvalue weighted by molar-refractivity contribution is -0.132. The summed E-state index contributed by atoms with van der Waals surface area (Å²) in [5.74, 6) is -0.0592. The molecule has 2 aromatic rings. The number of aromatic nitrogens is 1. The first kappa shape index (κ1) is 15.9. The first-order chi connectivity index (χ1) is 12.0.